The summed E-state index contributed by atoms with van der Waals surface area (Å²) in [7, 11) is 0. The van der Waals surface area contributed by atoms with Crippen molar-refractivity contribution >= 4 is 69.1 Å². The van der Waals surface area contributed by atoms with Gasteiger partial charge >= 0.3 is 0 Å². The zero-order chi connectivity index (χ0) is 5.98. The number of carbonyl (C=O) groups excluding carboxylic acids is 1. The van der Waals surface area contributed by atoms with Crippen molar-refractivity contribution in [1.82, 2.24) is 5.32 Å². The molecular formula is C4H5KNO2S. The molecule has 3 nitrogen and oxygen atoms in total. The molecule has 0 aromatic rings. The zero-order valence-electron chi connectivity index (χ0n) is 5.09. The molecule has 0 aromatic carbocycles. The van der Waals surface area contributed by atoms with Gasteiger partial charge in [-0.25, -0.2) is 0 Å². The van der Waals surface area contributed by atoms with Crippen molar-refractivity contribution in [3.8, 4) is 0 Å². The quantitative estimate of drug-likeness (QED) is 0.372. The molecule has 1 heterocycles. The maximum Gasteiger partial charge on any atom is 0.202 e. The Morgan fingerprint density at radius 2 is 2.56 bits per heavy atom. The van der Waals surface area contributed by atoms with Crippen LogP contribution in [0.4, 0.5) is 0 Å². The summed E-state index contributed by atoms with van der Waals surface area (Å²) >= 11 is 1.45. The molecule has 1 saturated heterocycles. The molecule has 1 fully saturated rings. The van der Waals surface area contributed by atoms with Crippen LogP contribution in [0, 0.1) is 5.75 Å². The minimum Gasteiger partial charge on any atom is -0.544 e. The molecule has 0 spiro atoms. The molecule has 0 saturated carbocycles. The van der Waals surface area contributed by atoms with Crippen LogP contribution in [0.15, 0.2) is 0 Å². The summed E-state index contributed by atoms with van der Waals surface area (Å²) in [6.45, 7) is 0. The van der Waals surface area contributed by atoms with E-state index in [1.165, 1.54) is 11.8 Å². The van der Waals surface area contributed by atoms with Crippen LogP contribution in [-0.2, 0) is 4.79 Å². The molecule has 0 bridgehead atoms. The van der Waals surface area contributed by atoms with Crippen LogP contribution in [-0.4, -0.2) is 69.3 Å². The smallest absolute Gasteiger partial charge is 0.202 e. The molecule has 1 aliphatic rings. The predicted molar refractivity (Wildman–Crippen MR) is 34.4 cm³/mol. The summed E-state index contributed by atoms with van der Waals surface area (Å²) in [5.41, 5.74) is 0. The Morgan fingerprint density at radius 1 is 1.89 bits per heavy atom. The van der Waals surface area contributed by atoms with Gasteiger partial charge in [0, 0.05) is 51.4 Å². The van der Waals surface area contributed by atoms with Gasteiger partial charge in [0.1, 0.15) is 5.97 Å². The Labute approximate surface area is 100 Å². The monoisotopic (exact) mass is 170 g/mol. The molecule has 1 atom stereocenters. The first-order valence-electron chi connectivity index (χ1n) is 2.20. The van der Waals surface area contributed by atoms with Crippen molar-refractivity contribution in [2.75, 3.05) is 5.88 Å². The van der Waals surface area contributed by atoms with Crippen molar-refractivity contribution in [2.24, 2.45) is 0 Å². The van der Waals surface area contributed by atoms with E-state index in [4.69, 9.17) is 0 Å². The van der Waals surface area contributed by atoms with Crippen molar-refractivity contribution in [2.45, 2.75) is 6.04 Å². The van der Waals surface area contributed by atoms with Crippen LogP contribution in [0.5, 0.6) is 0 Å². The van der Waals surface area contributed by atoms with Gasteiger partial charge in [0.15, 0.2) is 5.75 Å². The third kappa shape index (κ3) is 3.27. The summed E-state index contributed by atoms with van der Waals surface area (Å²) in [5.74, 6) is 1.25. The van der Waals surface area contributed by atoms with E-state index in [0.29, 0.717) is 5.88 Å². The number of carboxylic acid groups (broad SMARTS) is 1. The maximum atomic E-state index is 9.98. The van der Waals surface area contributed by atoms with Crippen LogP contribution >= 0.6 is 11.8 Å². The Balaban J connectivity index is 0.000000640. The van der Waals surface area contributed by atoms with Crippen molar-refractivity contribution in [1.29, 1.82) is 0 Å². The molecular weight excluding hydrogens is 165 g/mol. The van der Waals surface area contributed by atoms with Crippen LogP contribution in [0.1, 0.15) is 0 Å². The number of thioether (sulfide) groups is 1. The second-order valence-corrected chi connectivity index (χ2v) is 2.34. The molecule has 0 aromatic heterocycles. The van der Waals surface area contributed by atoms with E-state index in [-0.39, 0.29) is 51.4 Å². The number of hydrogen-bond donors (Lipinski definition) is 1. The molecule has 45 valence electrons. The topological polar surface area (TPSA) is 52.2 Å². The predicted octanol–water partition coefficient (Wildman–Crippen LogP) is -1.82. The van der Waals surface area contributed by atoms with E-state index in [2.05, 4.69) is 5.32 Å². The van der Waals surface area contributed by atoms with Crippen molar-refractivity contribution < 1.29 is 9.90 Å². The van der Waals surface area contributed by atoms with E-state index in [1.807, 2.05) is 0 Å². The fourth-order valence-corrected chi connectivity index (χ4v) is 1.24. The molecule has 9 heavy (non-hydrogen) atoms. The summed E-state index contributed by atoms with van der Waals surface area (Å²) in [5, 5.41) is 12.7. The number of aliphatic carboxylic acids is 1. The second kappa shape index (κ2) is 5.01. The Bertz CT molecular complexity index is 105. The standard InChI is InChI=1S/C4H5NO2S.K/c6-4(7)3-1-8-2-5-3;/h1,3,5H,2H2;. The van der Waals surface area contributed by atoms with E-state index < -0.39 is 12.0 Å². The normalized spacial score (nSPS) is 24.2. The van der Waals surface area contributed by atoms with E-state index in [9.17, 15) is 9.90 Å². The summed E-state index contributed by atoms with van der Waals surface area (Å²) in [6, 6.07) is -0.542. The average Bonchev–Trinajstić information content (AvgIpc) is 2.12. The van der Waals surface area contributed by atoms with Gasteiger partial charge in [-0.2, -0.15) is 0 Å². The van der Waals surface area contributed by atoms with Gasteiger partial charge in [0.2, 0.25) is 6.04 Å². The van der Waals surface area contributed by atoms with E-state index in [1.54, 1.807) is 5.75 Å². The molecule has 0 aliphatic carbocycles. The number of carbonyl (C=O) groups is 1. The molecule has 0 amide bonds. The molecule has 1 N–H and O–H groups in total. The Kier molecular flexibility index (Phi) is 5.72. The minimum atomic E-state index is -1.05. The van der Waals surface area contributed by atoms with Gasteiger partial charge in [-0.1, -0.05) is 0 Å². The second-order valence-electron chi connectivity index (χ2n) is 1.45. The fraction of sp³-hybridized carbons (Fsp3) is 0.500. The third-order valence-electron chi connectivity index (χ3n) is 0.873. The average molecular weight is 170 g/mol. The zero-order valence-corrected chi connectivity index (χ0v) is 9.03. The number of hydrogen-bond acceptors (Lipinski definition) is 4. The van der Waals surface area contributed by atoms with Crippen molar-refractivity contribution in [3.05, 3.63) is 5.75 Å². The Hall–Kier alpha value is 1.29. The van der Waals surface area contributed by atoms with E-state index >= 15 is 0 Å². The van der Waals surface area contributed by atoms with Gasteiger partial charge in [0.25, 0.3) is 0 Å². The molecule has 1 unspecified atom stereocenters. The molecule has 1 aliphatic heterocycles. The summed E-state index contributed by atoms with van der Waals surface area (Å²) in [4.78, 5) is 9.98. The maximum absolute atomic E-state index is 9.98. The van der Waals surface area contributed by atoms with Crippen LogP contribution < -0.4 is 10.4 Å². The fourth-order valence-electron chi connectivity index (χ4n) is 0.469. The first-order valence-corrected chi connectivity index (χ1v) is 3.25. The van der Waals surface area contributed by atoms with Gasteiger partial charge in [-0.05, 0) is 0 Å². The van der Waals surface area contributed by atoms with Gasteiger partial charge in [0.05, 0.1) is 17.6 Å². The SMILES string of the molecule is O=C([O-])C1[CH+]SCN1.[K]. The summed E-state index contributed by atoms with van der Waals surface area (Å²) < 4.78 is 0. The first kappa shape index (κ1) is 10.3. The van der Waals surface area contributed by atoms with Crippen LogP contribution in [0.25, 0.3) is 0 Å². The first-order chi connectivity index (χ1) is 3.80. The molecule has 1 rings (SSSR count). The number of nitrogens with one attached hydrogen (secondary N) is 1. The van der Waals surface area contributed by atoms with Gasteiger partial charge in [-0.15, -0.1) is 0 Å². The van der Waals surface area contributed by atoms with Gasteiger partial charge in [-0.3, -0.25) is 5.32 Å². The molecule has 1 radical (unpaired) electrons. The largest absolute Gasteiger partial charge is 0.544 e. The minimum absolute atomic E-state index is 0. The van der Waals surface area contributed by atoms with Crippen LogP contribution in [0.2, 0.25) is 0 Å². The number of rotatable bonds is 1. The van der Waals surface area contributed by atoms with Gasteiger partial charge < -0.3 is 9.90 Å². The number of carboxylic acids is 1. The summed E-state index contributed by atoms with van der Waals surface area (Å²) in [6.07, 6.45) is 0. The van der Waals surface area contributed by atoms with Crippen molar-refractivity contribution in [3.63, 3.8) is 0 Å². The van der Waals surface area contributed by atoms with E-state index in [0.717, 1.165) is 0 Å². The molecule has 5 heteroatoms. The van der Waals surface area contributed by atoms with Crippen LogP contribution in [0.3, 0.4) is 0 Å². The Morgan fingerprint density at radius 3 is 2.78 bits per heavy atom. The third-order valence-corrected chi connectivity index (χ3v) is 1.67.